The Morgan fingerprint density at radius 1 is 1.29 bits per heavy atom. The van der Waals surface area contributed by atoms with Gasteiger partial charge < -0.3 is 10.4 Å². The Kier molecular flexibility index (Phi) is 2.93. The molecule has 3 heteroatoms. The lowest BCUT2D eigenvalue weighted by Gasteiger charge is -2.25. The van der Waals surface area contributed by atoms with E-state index in [0.29, 0.717) is 5.92 Å². The fourth-order valence-corrected chi connectivity index (χ4v) is 4.13. The summed E-state index contributed by atoms with van der Waals surface area (Å²) in [5.74, 6) is 0.442. The molecular weight excluding hydrogens is 260 g/mol. The molecule has 1 fully saturated rings. The first kappa shape index (κ1) is 13.1. The molecular formula is C18H23N2O+. The Hall–Kier alpha value is -1.61. The second-order valence-corrected chi connectivity index (χ2v) is 6.76. The molecule has 2 aliphatic heterocycles. The van der Waals surface area contributed by atoms with Crippen molar-refractivity contribution in [1.82, 2.24) is 0 Å². The smallest absolute Gasteiger partial charge is 0.203 e. The summed E-state index contributed by atoms with van der Waals surface area (Å²) >= 11 is 0. The first-order valence-electron chi connectivity index (χ1n) is 8.04. The van der Waals surface area contributed by atoms with Crippen molar-refractivity contribution in [3.8, 4) is 0 Å². The van der Waals surface area contributed by atoms with Crippen LogP contribution in [0.2, 0.25) is 0 Å². The molecule has 0 amide bonds. The van der Waals surface area contributed by atoms with E-state index in [0.717, 1.165) is 38.5 Å². The molecule has 2 heterocycles. The molecule has 0 spiro atoms. The van der Waals surface area contributed by atoms with Crippen molar-refractivity contribution in [3.05, 3.63) is 41.2 Å². The van der Waals surface area contributed by atoms with Crippen LogP contribution in [0, 0.1) is 0 Å². The van der Waals surface area contributed by atoms with Gasteiger partial charge in [-0.05, 0) is 24.5 Å². The highest BCUT2D eigenvalue weighted by atomic mass is 16.3. The Morgan fingerprint density at radius 2 is 2.05 bits per heavy atom. The van der Waals surface area contributed by atoms with Gasteiger partial charge >= 0.3 is 0 Å². The van der Waals surface area contributed by atoms with Gasteiger partial charge in [-0.25, -0.2) is 4.58 Å². The SMILES string of the molecule is C[N+]1=CCC2C(=C1CC1(O)CCCC1)Nc1ccccc12. The van der Waals surface area contributed by atoms with Gasteiger partial charge in [0.25, 0.3) is 0 Å². The number of aliphatic hydroxyl groups is 1. The van der Waals surface area contributed by atoms with Gasteiger partial charge in [0.05, 0.1) is 17.7 Å². The number of anilines is 1. The minimum atomic E-state index is -0.497. The van der Waals surface area contributed by atoms with Gasteiger partial charge in [-0.1, -0.05) is 31.0 Å². The predicted octanol–water partition coefficient (Wildman–Crippen LogP) is 3.22. The predicted molar refractivity (Wildman–Crippen MR) is 84.7 cm³/mol. The van der Waals surface area contributed by atoms with Crippen molar-refractivity contribution < 1.29 is 9.68 Å². The highest BCUT2D eigenvalue weighted by molar-refractivity contribution is 5.70. The Labute approximate surface area is 126 Å². The van der Waals surface area contributed by atoms with Crippen LogP contribution >= 0.6 is 0 Å². The molecule has 0 bridgehead atoms. The van der Waals surface area contributed by atoms with Gasteiger partial charge in [0, 0.05) is 18.0 Å². The maximum absolute atomic E-state index is 10.8. The molecule has 2 N–H and O–H groups in total. The van der Waals surface area contributed by atoms with E-state index < -0.39 is 5.60 Å². The van der Waals surface area contributed by atoms with E-state index in [2.05, 4.69) is 47.4 Å². The number of fused-ring (bicyclic) bond motifs is 3. The number of benzene rings is 1. The summed E-state index contributed by atoms with van der Waals surface area (Å²) in [5, 5.41) is 14.4. The summed E-state index contributed by atoms with van der Waals surface area (Å²) in [5.41, 5.74) is 4.71. The number of nitrogens with one attached hydrogen (secondary N) is 1. The average Bonchev–Trinajstić information content (AvgIpc) is 3.06. The molecule has 0 aromatic heterocycles. The number of nitrogens with zero attached hydrogens (tertiary/aromatic N) is 1. The first-order valence-corrected chi connectivity index (χ1v) is 8.04. The molecule has 1 aliphatic carbocycles. The first-order chi connectivity index (χ1) is 10.2. The van der Waals surface area contributed by atoms with E-state index in [-0.39, 0.29) is 0 Å². The lowest BCUT2D eigenvalue weighted by atomic mass is 9.88. The molecule has 3 nitrogen and oxygen atoms in total. The zero-order chi connectivity index (χ0) is 14.4. The van der Waals surface area contributed by atoms with Crippen molar-refractivity contribution in [3.63, 3.8) is 0 Å². The molecule has 0 radical (unpaired) electrons. The van der Waals surface area contributed by atoms with Gasteiger partial charge in [-0.3, -0.25) is 0 Å². The summed E-state index contributed by atoms with van der Waals surface area (Å²) in [7, 11) is 2.11. The Balaban J connectivity index is 1.72. The fraction of sp³-hybridized carbons (Fsp3) is 0.500. The number of hydrogen-bond donors (Lipinski definition) is 2. The Bertz CT molecular complexity index is 638. The molecule has 1 aromatic carbocycles. The third-order valence-electron chi connectivity index (χ3n) is 5.34. The fourth-order valence-electron chi connectivity index (χ4n) is 4.13. The zero-order valence-corrected chi connectivity index (χ0v) is 12.6. The number of allylic oxidation sites excluding steroid dienone is 1. The minimum absolute atomic E-state index is 0.442. The van der Waals surface area contributed by atoms with E-state index in [9.17, 15) is 5.11 Å². The molecule has 1 atom stereocenters. The van der Waals surface area contributed by atoms with Crippen molar-refractivity contribution in [2.45, 2.75) is 50.0 Å². The van der Waals surface area contributed by atoms with Gasteiger partial charge in [0.1, 0.15) is 13.3 Å². The van der Waals surface area contributed by atoms with Crippen LogP contribution in [-0.2, 0) is 0 Å². The van der Waals surface area contributed by atoms with Crippen molar-refractivity contribution in [1.29, 1.82) is 0 Å². The van der Waals surface area contributed by atoms with Crippen molar-refractivity contribution >= 4 is 11.9 Å². The third-order valence-corrected chi connectivity index (χ3v) is 5.34. The highest BCUT2D eigenvalue weighted by Gasteiger charge is 2.41. The van der Waals surface area contributed by atoms with Crippen LogP contribution in [0.3, 0.4) is 0 Å². The van der Waals surface area contributed by atoms with Crippen LogP contribution in [-0.4, -0.2) is 28.5 Å². The van der Waals surface area contributed by atoms with E-state index >= 15 is 0 Å². The third kappa shape index (κ3) is 2.11. The molecule has 1 saturated carbocycles. The molecule has 4 rings (SSSR count). The standard InChI is InChI=1S/C18H23N2O/c1-20-11-8-14-13-6-2-3-7-15(13)19-17(14)16(20)12-18(21)9-4-5-10-18/h2-3,6-7,11,14,19,21H,4-5,8-10,12H2,1H3/q+1. The monoisotopic (exact) mass is 283 g/mol. The van der Waals surface area contributed by atoms with E-state index in [1.54, 1.807) is 0 Å². The lowest BCUT2D eigenvalue weighted by molar-refractivity contribution is -0.448. The van der Waals surface area contributed by atoms with Crippen molar-refractivity contribution in [2.75, 3.05) is 12.4 Å². The summed E-state index contributed by atoms with van der Waals surface area (Å²) in [6.45, 7) is 0. The summed E-state index contributed by atoms with van der Waals surface area (Å²) < 4.78 is 2.22. The number of rotatable bonds is 2. The minimum Gasteiger partial charge on any atom is -0.389 e. The molecule has 21 heavy (non-hydrogen) atoms. The maximum atomic E-state index is 10.8. The van der Waals surface area contributed by atoms with Crippen LogP contribution < -0.4 is 5.32 Å². The molecule has 3 aliphatic rings. The normalized spacial score (nSPS) is 26.2. The zero-order valence-electron chi connectivity index (χ0n) is 12.6. The number of para-hydroxylation sites is 1. The second-order valence-electron chi connectivity index (χ2n) is 6.76. The van der Waals surface area contributed by atoms with Gasteiger partial charge in [0.2, 0.25) is 5.70 Å². The largest absolute Gasteiger partial charge is 0.389 e. The van der Waals surface area contributed by atoms with E-state index in [1.807, 2.05) is 0 Å². The van der Waals surface area contributed by atoms with Crippen molar-refractivity contribution in [2.24, 2.45) is 0 Å². The van der Waals surface area contributed by atoms with Crippen LogP contribution in [0.15, 0.2) is 35.7 Å². The molecule has 1 unspecified atom stereocenters. The van der Waals surface area contributed by atoms with Gasteiger partial charge in [0.15, 0.2) is 0 Å². The molecule has 1 aromatic rings. The maximum Gasteiger partial charge on any atom is 0.203 e. The average molecular weight is 283 g/mol. The number of hydrogen-bond acceptors (Lipinski definition) is 2. The quantitative estimate of drug-likeness (QED) is 0.817. The summed E-state index contributed by atoms with van der Waals surface area (Å²) in [6, 6.07) is 8.58. The second kappa shape index (κ2) is 4.70. The molecule has 0 saturated heterocycles. The highest BCUT2D eigenvalue weighted by Crippen LogP contribution is 2.45. The van der Waals surface area contributed by atoms with Crippen LogP contribution in [0.1, 0.15) is 50.0 Å². The molecule has 110 valence electrons. The van der Waals surface area contributed by atoms with E-state index in [4.69, 9.17) is 0 Å². The van der Waals surface area contributed by atoms with Gasteiger partial charge in [-0.2, -0.15) is 0 Å². The summed E-state index contributed by atoms with van der Waals surface area (Å²) in [6.07, 6.45) is 8.27. The summed E-state index contributed by atoms with van der Waals surface area (Å²) in [4.78, 5) is 0. The Morgan fingerprint density at radius 3 is 2.86 bits per heavy atom. The van der Waals surface area contributed by atoms with Crippen LogP contribution in [0.4, 0.5) is 5.69 Å². The van der Waals surface area contributed by atoms with Gasteiger partial charge in [-0.15, -0.1) is 0 Å². The topological polar surface area (TPSA) is 35.3 Å². The van der Waals surface area contributed by atoms with E-state index in [1.165, 1.54) is 22.6 Å². The lowest BCUT2D eigenvalue weighted by Crippen LogP contribution is -2.30. The van der Waals surface area contributed by atoms with Crippen LogP contribution in [0.25, 0.3) is 0 Å². The van der Waals surface area contributed by atoms with Crippen LogP contribution in [0.5, 0.6) is 0 Å².